The molecule has 1 fully saturated rings. The molecule has 0 spiro atoms. The van der Waals surface area contributed by atoms with Crippen molar-refractivity contribution in [2.24, 2.45) is 11.7 Å². The molecule has 3 N–H and O–H groups in total. The van der Waals surface area contributed by atoms with Crippen molar-refractivity contribution in [2.45, 2.75) is 31.7 Å². The Bertz CT molecular complexity index is 450. The van der Waals surface area contributed by atoms with Gasteiger partial charge >= 0.3 is 0 Å². The molecule has 2 rings (SSSR count). The Morgan fingerprint density at radius 3 is 2.55 bits per heavy atom. The summed E-state index contributed by atoms with van der Waals surface area (Å²) in [5, 5.41) is 2.60. The number of halogens is 3. The highest BCUT2D eigenvalue weighted by Crippen LogP contribution is 2.22. The van der Waals surface area contributed by atoms with E-state index in [2.05, 4.69) is 5.32 Å². The zero-order valence-corrected chi connectivity index (χ0v) is 11.9. The van der Waals surface area contributed by atoms with Gasteiger partial charge in [-0.3, -0.25) is 4.79 Å². The number of rotatable bonds is 3. The van der Waals surface area contributed by atoms with E-state index in [4.69, 9.17) is 5.73 Å². The van der Waals surface area contributed by atoms with E-state index in [0.717, 1.165) is 37.8 Å². The minimum Gasteiger partial charge on any atom is -0.352 e. The third kappa shape index (κ3) is 4.15. The molecular formula is C14H19ClF2N2O. The van der Waals surface area contributed by atoms with Crippen LogP contribution in [0.1, 0.15) is 36.0 Å². The monoisotopic (exact) mass is 304 g/mol. The summed E-state index contributed by atoms with van der Waals surface area (Å²) in [4.78, 5) is 11.8. The number of amides is 1. The average Bonchev–Trinajstić information content (AvgIpc) is 2.36. The zero-order chi connectivity index (χ0) is 13.8. The van der Waals surface area contributed by atoms with Crippen molar-refractivity contribution in [1.29, 1.82) is 0 Å². The summed E-state index contributed by atoms with van der Waals surface area (Å²) in [7, 11) is 0. The average molecular weight is 305 g/mol. The smallest absolute Gasteiger partial charge is 0.257 e. The number of carbonyl (C=O) groups excluding carboxylic acids is 1. The molecule has 0 aliphatic heterocycles. The van der Waals surface area contributed by atoms with Crippen LogP contribution in [0.2, 0.25) is 0 Å². The maximum absolute atomic E-state index is 13.4. The van der Waals surface area contributed by atoms with Gasteiger partial charge in [-0.1, -0.05) is 12.5 Å². The fourth-order valence-corrected chi connectivity index (χ4v) is 2.56. The van der Waals surface area contributed by atoms with E-state index in [1.54, 1.807) is 0 Å². The Labute approximate surface area is 123 Å². The molecule has 6 heteroatoms. The molecule has 20 heavy (non-hydrogen) atoms. The van der Waals surface area contributed by atoms with Crippen molar-refractivity contribution >= 4 is 18.3 Å². The SMILES string of the molecule is Cl.NC1CCCC(CNC(=O)c2c(F)cccc2F)C1. The molecule has 0 heterocycles. The van der Waals surface area contributed by atoms with E-state index in [-0.39, 0.29) is 18.4 Å². The van der Waals surface area contributed by atoms with Gasteiger partial charge in [0.2, 0.25) is 0 Å². The fourth-order valence-electron chi connectivity index (χ4n) is 2.56. The van der Waals surface area contributed by atoms with Crippen molar-refractivity contribution in [3.63, 3.8) is 0 Å². The van der Waals surface area contributed by atoms with Gasteiger partial charge in [-0.15, -0.1) is 12.4 Å². The van der Waals surface area contributed by atoms with Gasteiger partial charge in [-0.2, -0.15) is 0 Å². The largest absolute Gasteiger partial charge is 0.352 e. The van der Waals surface area contributed by atoms with Crippen molar-refractivity contribution in [2.75, 3.05) is 6.54 Å². The van der Waals surface area contributed by atoms with Crippen molar-refractivity contribution in [1.82, 2.24) is 5.32 Å². The van der Waals surface area contributed by atoms with E-state index in [1.807, 2.05) is 0 Å². The van der Waals surface area contributed by atoms with Gasteiger partial charge in [0.1, 0.15) is 17.2 Å². The second-order valence-electron chi connectivity index (χ2n) is 5.10. The maximum atomic E-state index is 13.4. The third-order valence-corrected chi connectivity index (χ3v) is 3.56. The summed E-state index contributed by atoms with van der Waals surface area (Å²) in [5.74, 6) is -2.08. The van der Waals surface area contributed by atoms with E-state index in [0.29, 0.717) is 12.5 Å². The molecule has 3 nitrogen and oxygen atoms in total. The molecule has 112 valence electrons. The zero-order valence-electron chi connectivity index (χ0n) is 11.1. The Kier molecular flexibility index (Phi) is 6.36. The number of carbonyl (C=O) groups is 1. The first-order chi connectivity index (χ1) is 9.08. The molecule has 1 amide bonds. The van der Waals surface area contributed by atoms with Gasteiger partial charge in [-0.25, -0.2) is 8.78 Å². The molecule has 0 radical (unpaired) electrons. The lowest BCUT2D eigenvalue weighted by atomic mass is 9.86. The van der Waals surface area contributed by atoms with E-state index in [1.165, 1.54) is 6.07 Å². The molecule has 2 unspecified atom stereocenters. The van der Waals surface area contributed by atoms with Crippen LogP contribution < -0.4 is 11.1 Å². The van der Waals surface area contributed by atoms with Crippen molar-refractivity contribution in [3.8, 4) is 0 Å². The van der Waals surface area contributed by atoms with Gasteiger partial charge in [0.05, 0.1) is 0 Å². The number of nitrogens with two attached hydrogens (primary N) is 1. The summed E-state index contributed by atoms with van der Waals surface area (Å²) in [6, 6.07) is 3.56. The van der Waals surface area contributed by atoms with Gasteiger partial charge < -0.3 is 11.1 Å². The first-order valence-electron chi connectivity index (χ1n) is 6.55. The molecule has 1 saturated carbocycles. The summed E-state index contributed by atoms with van der Waals surface area (Å²) in [5.41, 5.74) is 5.35. The van der Waals surface area contributed by atoms with Crippen LogP contribution in [0.4, 0.5) is 8.78 Å². The van der Waals surface area contributed by atoms with Crippen LogP contribution in [0.3, 0.4) is 0 Å². The Balaban J connectivity index is 0.00000200. The summed E-state index contributed by atoms with van der Waals surface area (Å²) < 4.78 is 26.8. The van der Waals surface area contributed by atoms with Crippen LogP contribution >= 0.6 is 12.4 Å². The Morgan fingerprint density at radius 1 is 1.30 bits per heavy atom. The molecule has 1 aromatic carbocycles. The second-order valence-corrected chi connectivity index (χ2v) is 5.10. The maximum Gasteiger partial charge on any atom is 0.257 e. The summed E-state index contributed by atoms with van der Waals surface area (Å²) in [6.45, 7) is 0.417. The van der Waals surface area contributed by atoms with Gasteiger partial charge in [0.25, 0.3) is 5.91 Å². The fraction of sp³-hybridized carbons (Fsp3) is 0.500. The molecule has 1 aromatic rings. The summed E-state index contributed by atoms with van der Waals surface area (Å²) >= 11 is 0. The number of benzene rings is 1. The lowest BCUT2D eigenvalue weighted by molar-refractivity contribution is 0.0934. The first kappa shape index (κ1) is 16.9. The predicted molar refractivity (Wildman–Crippen MR) is 75.9 cm³/mol. The van der Waals surface area contributed by atoms with Gasteiger partial charge in [-0.05, 0) is 37.3 Å². The van der Waals surface area contributed by atoms with Crippen LogP contribution in [0.25, 0.3) is 0 Å². The van der Waals surface area contributed by atoms with Crippen LogP contribution in [0, 0.1) is 17.6 Å². The van der Waals surface area contributed by atoms with Gasteiger partial charge in [0, 0.05) is 12.6 Å². The van der Waals surface area contributed by atoms with Crippen LogP contribution in [-0.4, -0.2) is 18.5 Å². The minimum atomic E-state index is -0.835. The van der Waals surface area contributed by atoms with E-state index < -0.39 is 23.1 Å². The van der Waals surface area contributed by atoms with E-state index >= 15 is 0 Å². The quantitative estimate of drug-likeness (QED) is 0.902. The van der Waals surface area contributed by atoms with Crippen LogP contribution in [0.5, 0.6) is 0 Å². The molecular weight excluding hydrogens is 286 g/mol. The molecule has 1 aliphatic carbocycles. The standard InChI is InChI=1S/C14H18F2N2O.ClH/c15-11-5-2-6-12(16)13(11)14(19)18-8-9-3-1-4-10(17)7-9;/h2,5-6,9-10H,1,3-4,7-8,17H2,(H,18,19);1H. The highest BCUT2D eigenvalue weighted by atomic mass is 35.5. The molecule has 0 aromatic heterocycles. The normalized spacial score (nSPS) is 21.9. The number of nitrogens with one attached hydrogen (secondary N) is 1. The minimum absolute atomic E-state index is 0. The lowest BCUT2D eigenvalue weighted by Gasteiger charge is -2.26. The van der Waals surface area contributed by atoms with Gasteiger partial charge in [0.15, 0.2) is 0 Å². The molecule has 2 atom stereocenters. The Hall–Kier alpha value is -1.20. The Morgan fingerprint density at radius 2 is 1.95 bits per heavy atom. The van der Waals surface area contributed by atoms with E-state index in [9.17, 15) is 13.6 Å². The topological polar surface area (TPSA) is 55.1 Å². The van der Waals surface area contributed by atoms with Crippen molar-refractivity contribution in [3.05, 3.63) is 35.4 Å². The number of hydrogen-bond donors (Lipinski definition) is 2. The highest BCUT2D eigenvalue weighted by Gasteiger charge is 2.21. The van der Waals surface area contributed by atoms with Crippen LogP contribution in [0.15, 0.2) is 18.2 Å². The molecule has 0 saturated heterocycles. The number of hydrogen-bond acceptors (Lipinski definition) is 2. The lowest BCUT2D eigenvalue weighted by Crippen LogP contribution is -2.36. The van der Waals surface area contributed by atoms with Crippen LogP contribution in [-0.2, 0) is 0 Å². The second kappa shape index (κ2) is 7.55. The summed E-state index contributed by atoms with van der Waals surface area (Å²) in [6.07, 6.45) is 3.88. The van der Waals surface area contributed by atoms with Crippen molar-refractivity contribution < 1.29 is 13.6 Å². The highest BCUT2D eigenvalue weighted by molar-refractivity contribution is 5.94. The third-order valence-electron chi connectivity index (χ3n) is 3.56. The molecule has 1 aliphatic rings. The predicted octanol–water partition coefficient (Wildman–Crippen LogP) is 2.63. The molecule has 0 bridgehead atoms. The first-order valence-corrected chi connectivity index (χ1v) is 6.55.